The first-order valence-electron chi connectivity index (χ1n) is 19.3. The highest BCUT2D eigenvalue weighted by atomic mass is 19.1. The zero-order valence-corrected chi connectivity index (χ0v) is 30.7. The van der Waals surface area contributed by atoms with Crippen molar-refractivity contribution in [3.05, 3.63) is 89.2 Å². The van der Waals surface area contributed by atoms with Crippen molar-refractivity contribution < 1.29 is 28.0 Å². The molecule has 5 heterocycles. The van der Waals surface area contributed by atoms with E-state index in [4.69, 9.17) is 4.98 Å². The molecule has 13 nitrogen and oxygen atoms in total. The number of nitrogens with zero attached hydrogens (tertiary/aromatic N) is 5. The molecule has 4 N–H and O–H groups in total. The maximum atomic E-state index is 14.6. The SMILES string of the molecule is O=C(CCCN1CCC(c2ccc(NC3CCC(=O)NC3=O)cc2)CC1)NCCCNC(=O)c1cnn2ccc(N3CCCC3c3cc(F)ccc3F)nc12. The smallest absolute Gasteiger partial charge is 0.256 e. The second-order valence-electron chi connectivity index (χ2n) is 14.6. The Balaban J connectivity index is 0.785. The number of halogens is 2. The van der Waals surface area contributed by atoms with Crippen LogP contribution in [0.25, 0.3) is 5.65 Å². The third kappa shape index (κ3) is 9.27. The molecule has 290 valence electrons. The monoisotopic (exact) mass is 755 g/mol. The topological polar surface area (TPSA) is 153 Å². The van der Waals surface area contributed by atoms with E-state index in [1.165, 1.54) is 22.3 Å². The maximum absolute atomic E-state index is 14.6. The Morgan fingerprint density at radius 2 is 1.71 bits per heavy atom. The largest absolute Gasteiger partial charge is 0.374 e. The van der Waals surface area contributed by atoms with E-state index < -0.39 is 17.7 Å². The zero-order valence-electron chi connectivity index (χ0n) is 30.7. The highest BCUT2D eigenvalue weighted by molar-refractivity contribution is 6.01. The van der Waals surface area contributed by atoms with Crippen LogP contribution >= 0.6 is 0 Å². The number of likely N-dealkylation sites (tertiary alicyclic amines) is 1. The molecule has 0 spiro atoms. The van der Waals surface area contributed by atoms with E-state index in [-0.39, 0.29) is 29.7 Å². The number of hydrogen-bond donors (Lipinski definition) is 4. The summed E-state index contributed by atoms with van der Waals surface area (Å²) in [6, 6.07) is 12.7. The first-order valence-corrected chi connectivity index (χ1v) is 19.3. The second kappa shape index (κ2) is 17.4. The predicted molar refractivity (Wildman–Crippen MR) is 203 cm³/mol. The van der Waals surface area contributed by atoms with E-state index in [1.807, 2.05) is 17.0 Å². The van der Waals surface area contributed by atoms with Crippen molar-refractivity contribution in [3.8, 4) is 0 Å². The molecule has 4 amide bonds. The Morgan fingerprint density at radius 1 is 0.909 bits per heavy atom. The van der Waals surface area contributed by atoms with Crippen molar-refractivity contribution >= 4 is 40.8 Å². The summed E-state index contributed by atoms with van der Waals surface area (Å²) in [6.07, 6.45) is 9.31. The summed E-state index contributed by atoms with van der Waals surface area (Å²) >= 11 is 0. The molecule has 15 heteroatoms. The van der Waals surface area contributed by atoms with Crippen molar-refractivity contribution in [1.82, 2.24) is 35.4 Å². The number of hydrogen-bond acceptors (Lipinski definition) is 9. The van der Waals surface area contributed by atoms with Gasteiger partial charge in [-0.3, -0.25) is 24.5 Å². The molecule has 2 aromatic heterocycles. The molecule has 2 aromatic carbocycles. The lowest BCUT2D eigenvalue weighted by Gasteiger charge is -2.32. The van der Waals surface area contributed by atoms with Gasteiger partial charge >= 0.3 is 0 Å². The molecule has 7 rings (SSSR count). The lowest BCUT2D eigenvalue weighted by molar-refractivity contribution is -0.133. The summed E-state index contributed by atoms with van der Waals surface area (Å²) < 4.78 is 30.1. The molecule has 3 aliphatic heterocycles. The highest BCUT2D eigenvalue weighted by Crippen LogP contribution is 2.37. The molecule has 3 saturated heterocycles. The van der Waals surface area contributed by atoms with Crippen LogP contribution in [0.4, 0.5) is 20.3 Å². The predicted octanol–water partition coefficient (Wildman–Crippen LogP) is 4.46. The van der Waals surface area contributed by atoms with Gasteiger partial charge in [0.15, 0.2) is 5.65 Å². The lowest BCUT2D eigenvalue weighted by Crippen LogP contribution is -2.47. The fourth-order valence-corrected chi connectivity index (χ4v) is 7.85. The number of rotatable bonds is 14. The number of piperidine rings is 2. The average molecular weight is 756 g/mol. The molecule has 3 fully saturated rings. The van der Waals surface area contributed by atoms with Crippen LogP contribution in [-0.4, -0.2) is 88.4 Å². The Morgan fingerprint density at radius 3 is 2.51 bits per heavy atom. The lowest BCUT2D eigenvalue weighted by atomic mass is 9.89. The van der Waals surface area contributed by atoms with Crippen molar-refractivity contribution in [1.29, 1.82) is 0 Å². The van der Waals surface area contributed by atoms with Gasteiger partial charge in [-0.15, -0.1) is 0 Å². The van der Waals surface area contributed by atoms with Crippen LogP contribution in [0.15, 0.2) is 60.9 Å². The quantitative estimate of drug-likeness (QED) is 0.108. The van der Waals surface area contributed by atoms with E-state index in [1.54, 1.807) is 12.3 Å². The van der Waals surface area contributed by atoms with Crippen LogP contribution in [0.2, 0.25) is 0 Å². The van der Waals surface area contributed by atoms with E-state index >= 15 is 0 Å². The van der Waals surface area contributed by atoms with Crippen LogP contribution in [0.3, 0.4) is 0 Å². The molecule has 0 bridgehead atoms. The van der Waals surface area contributed by atoms with Gasteiger partial charge in [-0.05, 0) is 112 Å². The van der Waals surface area contributed by atoms with Crippen molar-refractivity contribution in [3.63, 3.8) is 0 Å². The van der Waals surface area contributed by atoms with Gasteiger partial charge in [-0.2, -0.15) is 5.10 Å². The van der Waals surface area contributed by atoms with Crippen LogP contribution < -0.4 is 26.2 Å². The number of carbonyl (C=O) groups is 4. The molecular weight excluding hydrogens is 708 g/mol. The van der Waals surface area contributed by atoms with Gasteiger partial charge in [0, 0.05) is 49.9 Å². The second-order valence-corrected chi connectivity index (χ2v) is 14.6. The van der Waals surface area contributed by atoms with Gasteiger partial charge < -0.3 is 25.8 Å². The Labute approximate surface area is 318 Å². The number of fused-ring (bicyclic) bond motifs is 1. The maximum Gasteiger partial charge on any atom is 0.256 e. The van der Waals surface area contributed by atoms with Gasteiger partial charge in [-0.25, -0.2) is 18.3 Å². The van der Waals surface area contributed by atoms with Crippen molar-refractivity contribution in [2.75, 3.05) is 49.5 Å². The first kappa shape index (κ1) is 37.9. The number of carbonyl (C=O) groups excluding carboxylic acids is 4. The summed E-state index contributed by atoms with van der Waals surface area (Å²) in [7, 11) is 0. The normalized spacial score (nSPS) is 19.4. The van der Waals surface area contributed by atoms with E-state index in [9.17, 15) is 28.0 Å². The van der Waals surface area contributed by atoms with Crippen molar-refractivity contribution in [2.24, 2.45) is 0 Å². The van der Waals surface area contributed by atoms with Crippen LogP contribution in [0.1, 0.15) is 91.2 Å². The first-order chi connectivity index (χ1) is 26.7. The van der Waals surface area contributed by atoms with Crippen LogP contribution in [0.5, 0.6) is 0 Å². The standard InChI is InChI=1S/C40H47F2N9O4/c41-28-8-11-32(42)30(24-28)34-4-1-20-50(34)35-16-23-51-38(47-35)31(25-45-51)39(54)44-18-3-17-43-36(52)5-2-19-49-21-14-27(15-22-49)26-6-9-29(10-7-26)46-33-12-13-37(53)48-40(33)55/h6-11,16,23-25,27,33-34,46H,1-5,12-15,17-22H2,(H,43,52)(H,44,54)(H,48,53,55). The number of anilines is 2. The molecule has 2 unspecified atom stereocenters. The number of nitrogens with one attached hydrogen (secondary N) is 4. The average Bonchev–Trinajstić information content (AvgIpc) is 3.85. The summed E-state index contributed by atoms with van der Waals surface area (Å²) in [5.41, 5.74) is 3.11. The third-order valence-electron chi connectivity index (χ3n) is 10.9. The number of benzene rings is 2. The third-order valence-corrected chi connectivity index (χ3v) is 10.9. The summed E-state index contributed by atoms with van der Waals surface area (Å²) in [5.74, 6) is -0.766. The number of amides is 4. The van der Waals surface area contributed by atoms with Gasteiger partial charge in [0.05, 0.1) is 12.2 Å². The minimum Gasteiger partial charge on any atom is -0.374 e. The number of imide groups is 1. The van der Waals surface area contributed by atoms with E-state index in [2.05, 4.69) is 43.4 Å². The Bertz CT molecular complexity index is 2020. The molecule has 4 aromatic rings. The molecule has 3 aliphatic rings. The Kier molecular flexibility index (Phi) is 11.9. The summed E-state index contributed by atoms with van der Waals surface area (Å²) in [5, 5.41) is 15.7. The molecule has 55 heavy (non-hydrogen) atoms. The minimum atomic E-state index is -0.491. The van der Waals surface area contributed by atoms with Gasteiger partial charge in [0.25, 0.3) is 5.91 Å². The Hall–Kier alpha value is -5.44. The summed E-state index contributed by atoms with van der Waals surface area (Å²) in [6.45, 7) is 4.23. The fraction of sp³-hybridized carbons (Fsp3) is 0.450. The summed E-state index contributed by atoms with van der Waals surface area (Å²) in [4.78, 5) is 58.1. The molecule has 2 atom stereocenters. The number of aromatic nitrogens is 3. The van der Waals surface area contributed by atoms with E-state index in [0.29, 0.717) is 80.2 Å². The molecule has 0 saturated carbocycles. The fourth-order valence-electron chi connectivity index (χ4n) is 7.85. The van der Waals surface area contributed by atoms with Gasteiger partial charge in [0.1, 0.15) is 29.1 Å². The molecule has 0 radical (unpaired) electrons. The highest BCUT2D eigenvalue weighted by Gasteiger charge is 2.31. The van der Waals surface area contributed by atoms with Gasteiger partial charge in [-0.1, -0.05) is 12.1 Å². The van der Waals surface area contributed by atoms with Gasteiger partial charge in [0.2, 0.25) is 17.7 Å². The minimum absolute atomic E-state index is 0.00934. The zero-order chi connectivity index (χ0) is 38.3. The van der Waals surface area contributed by atoms with Crippen LogP contribution in [-0.2, 0) is 14.4 Å². The molecular formula is C40H47F2N9O4. The van der Waals surface area contributed by atoms with E-state index in [0.717, 1.165) is 63.1 Å². The van der Waals surface area contributed by atoms with Crippen LogP contribution in [0, 0.1) is 11.6 Å². The van der Waals surface area contributed by atoms with Crippen molar-refractivity contribution in [2.45, 2.75) is 75.8 Å². The molecule has 0 aliphatic carbocycles.